The molecule has 12 aromatic rings. The summed E-state index contributed by atoms with van der Waals surface area (Å²) in [6.07, 6.45) is -0.325. The van der Waals surface area contributed by atoms with Crippen LogP contribution in [0.15, 0.2) is 206 Å². The zero-order chi connectivity index (χ0) is 42.8. The second-order valence-electron chi connectivity index (χ2n) is 17.6. The van der Waals surface area contributed by atoms with Crippen molar-refractivity contribution in [2.45, 2.75) is 18.4 Å². The zero-order valence-corrected chi connectivity index (χ0v) is 35.4. The molecule has 2 atom stereocenters. The molecule has 2 unspecified atom stereocenters. The molecule has 0 saturated heterocycles. The molecule has 5 heteroatoms. The number of nitrogens with zero attached hydrogens (tertiary/aromatic N) is 4. The largest absolute Gasteiger partial charge is 0.484 e. The van der Waals surface area contributed by atoms with E-state index >= 15 is 0 Å². The fourth-order valence-corrected chi connectivity index (χ4v) is 11.1. The lowest BCUT2D eigenvalue weighted by Crippen LogP contribution is -2.37. The number of ether oxygens (including phenoxy) is 1. The molecular weight excluding hydrogens is 793 g/mol. The highest BCUT2D eigenvalue weighted by molar-refractivity contribution is 6.24. The van der Waals surface area contributed by atoms with Crippen LogP contribution in [0, 0.1) is 0 Å². The smallest absolute Gasteiger partial charge is 0.166 e. The number of hydrogen-bond donors (Lipinski definition) is 0. The van der Waals surface area contributed by atoms with Gasteiger partial charge in [0, 0.05) is 44.3 Å². The molecule has 304 valence electrons. The van der Waals surface area contributed by atoms with Gasteiger partial charge in [0.15, 0.2) is 17.5 Å². The van der Waals surface area contributed by atoms with Gasteiger partial charge in [-0.25, -0.2) is 15.0 Å². The molecule has 5 nitrogen and oxygen atoms in total. The summed E-state index contributed by atoms with van der Waals surface area (Å²) >= 11 is 0. The summed E-state index contributed by atoms with van der Waals surface area (Å²) in [5, 5.41) is 12.0. The second kappa shape index (κ2) is 13.5. The lowest BCUT2D eigenvalue weighted by molar-refractivity contribution is 0.184. The minimum absolute atomic E-state index is 0.325. The Morgan fingerprint density at radius 3 is 1.91 bits per heavy atom. The van der Waals surface area contributed by atoms with Gasteiger partial charge in [-0.1, -0.05) is 176 Å². The summed E-state index contributed by atoms with van der Waals surface area (Å²) in [4.78, 5) is 16.4. The van der Waals surface area contributed by atoms with Gasteiger partial charge in [-0.15, -0.1) is 0 Å². The Kier molecular flexibility index (Phi) is 7.53. The molecule has 0 fully saturated rings. The molecule has 0 radical (unpaired) electrons. The molecule has 2 aromatic heterocycles. The van der Waals surface area contributed by atoms with Crippen LogP contribution in [0.4, 0.5) is 0 Å². The van der Waals surface area contributed by atoms with E-state index in [0.29, 0.717) is 17.5 Å². The Labute approximate surface area is 374 Å². The van der Waals surface area contributed by atoms with E-state index in [0.717, 1.165) is 61.3 Å². The molecular formula is C60H38N4O. The molecule has 0 spiro atoms. The quantitative estimate of drug-likeness (QED) is 0.166. The number of benzene rings is 10. The minimum atomic E-state index is -0.694. The van der Waals surface area contributed by atoms with E-state index in [-0.39, 0.29) is 6.10 Å². The highest BCUT2D eigenvalue weighted by Gasteiger charge is 2.55. The molecule has 65 heavy (non-hydrogen) atoms. The van der Waals surface area contributed by atoms with Crippen LogP contribution in [-0.2, 0) is 5.41 Å². The van der Waals surface area contributed by atoms with E-state index in [9.17, 15) is 0 Å². The number of rotatable bonds is 4. The van der Waals surface area contributed by atoms with Crippen molar-refractivity contribution < 1.29 is 4.74 Å². The highest BCUT2D eigenvalue weighted by Crippen LogP contribution is 2.62. The molecule has 0 saturated carbocycles. The summed E-state index contributed by atoms with van der Waals surface area (Å²) in [5.41, 5.74) is 8.67. The summed E-state index contributed by atoms with van der Waals surface area (Å²) in [5.74, 6) is 2.72. The van der Waals surface area contributed by atoms with Gasteiger partial charge < -0.3 is 9.30 Å². The van der Waals surface area contributed by atoms with Gasteiger partial charge in [-0.05, 0) is 85.9 Å². The van der Waals surface area contributed by atoms with E-state index in [1.807, 2.05) is 18.2 Å². The van der Waals surface area contributed by atoms with Crippen molar-refractivity contribution in [2.24, 2.45) is 0 Å². The van der Waals surface area contributed by atoms with Gasteiger partial charge in [0.25, 0.3) is 0 Å². The van der Waals surface area contributed by atoms with Crippen molar-refractivity contribution in [3.63, 3.8) is 0 Å². The van der Waals surface area contributed by atoms with Crippen molar-refractivity contribution in [3.8, 4) is 28.5 Å². The van der Waals surface area contributed by atoms with Crippen LogP contribution >= 0.6 is 0 Å². The van der Waals surface area contributed by atoms with E-state index in [1.54, 1.807) is 0 Å². The van der Waals surface area contributed by atoms with E-state index in [4.69, 9.17) is 19.7 Å². The van der Waals surface area contributed by atoms with Crippen molar-refractivity contribution >= 4 is 76.2 Å². The van der Waals surface area contributed by atoms with Crippen molar-refractivity contribution in [3.05, 3.63) is 229 Å². The molecule has 3 heterocycles. The topological polar surface area (TPSA) is 52.8 Å². The molecule has 10 aromatic carbocycles. The first-order chi connectivity index (χ1) is 32.1. The molecule has 14 rings (SSSR count). The van der Waals surface area contributed by atoms with Crippen LogP contribution in [0.25, 0.3) is 98.9 Å². The summed E-state index contributed by atoms with van der Waals surface area (Å²) in [7, 11) is 0. The van der Waals surface area contributed by atoms with E-state index in [2.05, 4.69) is 200 Å². The highest BCUT2D eigenvalue weighted by atomic mass is 16.5. The summed E-state index contributed by atoms with van der Waals surface area (Å²) in [6.45, 7) is 2.36. The third kappa shape index (κ3) is 5.18. The van der Waals surface area contributed by atoms with Gasteiger partial charge >= 0.3 is 0 Å². The first-order valence-corrected chi connectivity index (χ1v) is 22.3. The Balaban J connectivity index is 1.16. The van der Waals surface area contributed by atoms with Crippen LogP contribution in [0.5, 0.6) is 5.75 Å². The maximum atomic E-state index is 7.17. The minimum Gasteiger partial charge on any atom is -0.484 e. The van der Waals surface area contributed by atoms with E-state index < -0.39 is 5.41 Å². The lowest BCUT2D eigenvalue weighted by Gasteiger charge is -2.41. The predicted molar refractivity (Wildman–Crippen MR) is 266 cm³/mol. The van der Waals surface area contributed by atoms with Crippen molar-refractivity contribution in [1.29, 1.82) is 0 Å². The zero-order valence-electron chi connectivity index (χ0n) is 35.4. The first kappa shape index (κ1) is 36.1. The summed E-state index contributed by atoms with van der Waals surface area (Å²) < 4.78 is 9.70. The normalized spacial score (nSPS) is 16.7. The van der Waals surface area contributed by atoms with Crippen LogP contribution in [-0.4, -0.2) is 19.5 Å². The maximum Gasteiger partial charge on any atom is 0.166 e. The van der Waals surface area contributed by atoms with Gasteiger partial charge in [0.2, 0.25) is 0 Å². The molecule has 2 aliphatic rings. The Bertz CT molecular complexity index is 4020. The van der Waals surface area contributed by atoms with E-state index in [1.165, 1.54) is 48.5 Å². The van der Waals surface area contributed by atoms with Gasteiger partial charge in [-0.2, -0.15) is 0 Å². The van der Waals surface area contributed by atoms with Crippen LogP contribution in [0.1, 0.15) is 35.5 Å². The molecule has 0 bridgehead atoms. The van der Waals surface area contributed by atoms with Gasteiger partial charge in [0.05, 0.1) is 16.4 Å². The third-order valence-corrected chi connectivity index (χ3v) is 14.1. The number of aromatic nitrogens is 4. The first-order valence-electron chi connectivity index (χ1n) is 22.3. The van der Waals surface area contributed by atoms with Crippen LogP contribution in [0.3, 0.4) is 0 Å². The van der Waals surface area contributed by atoms with Gasteiger partial charge in [-0.3, -0.25) is 0 Å². The number of para-hydroxylation sites is 1. The fourth-order valence-electron chi connectivity index (χ4n) is 11.1. The molecule has 0 N–H and O–H groups in total. The molecule has 1 aliphatic carbocycles. The fraction of sp³-hybridized carbons (Fsp3) is 0.0500. The number of hydrogen-bond acceptors (Lipinski definition) is 4. The molecule has 0 amide bonds. The Hall–Kier alpha value is -8.41. The average Bonchev–Trinajstić information content (AvgIpc) is 3.86. The van der Waals surface area contributed by atoms with Gasteiger partial charge in [0.1, 0.15) is 11.9 Å². The lowest BCUT2D eigenvalue weighted by atomic mass is 9.66. The second-order valence-corrected chi connectivity index (χ2v) is 17.6. The third-order valence-electron chi connectivity index (χ3n) is 14.1. The Morgan fingerprint density at radius 1 is 0.446 bits per heavy atom. The summed E-state index contributed by atoms with van der Waals surface area (Å²) in [6, 6.07) is 73.9. The SMILES string of the molecule is CC12C(n3c4cc5ccccc5cc4c4c5ccccc5ccc43)=C(c3nc(-c4ccccc4)nc(-c4ccc5c(ccc6ccccc65)c4)n3)c3ccccc3C1Oc1ccccc12. The van der Waals surface area contributed by atoms with Crippen LogP contribution in [0.2, 0.25) is 0 Å². The predicted octanol–water partition coefficient (Wildman–Crippen LogP) is 14.7. The monoisotopic (exact) mass is 830 g/mol. The van der Waals surface area contributed by atoms with Crippen LogP contribution < -0.4 is 4.74 Å². The van der Waals surface area contributed by atoms with Crippen molar-refractivity contribution in [1.82, 2.24) is 19.5 Å². The molecule has 1 aliphatic heterocycles. The Morgan fingerprint density at radius 2 is 1.06 bits per heavy atom. The number of fused-ring (bicyclic) bond motifs is 14. The maximum absolute atomic E-state index is 7.17. The standard InChI is InChI=1S/C60H38N4O/c1-60-49-25-13-14-26-52(49)65-56(60)47-24-12-11-23-46(47)54(55(60)64-50-32-30-37-16-8-10-22-45(37)53(50)48-34-39-19-5-6-20-40(39)35-51(48)64)59-62-57(38-17-3-2-4-18-38)61-58(63-59)42-29-31-44-41(33-42)28-27-36-15-7-9-21-43(36)44/h2-35,56H,1H3. The average molecular weight is 831 g/mol. The van der Waals surface area contributed by atoms with Crippen molar-refractivity contribution in [2.75, 3.05) is 0 Å².